The molecule has 8 nitrogen and oxygen atoms in total. The first-order chi connectivity index (χ1) is 19.5. The van der Waals surface area contributed by atoms with E-state index in [1.54, 1.807) is 12.0 Å². The summed E-state index contributed by atoms with van der Waals surface area (Å²) in [5.41, 5.74) is 4.90. The molecule has 5 aromatic rings. The molecule has 4 atom stereocenters. The third-order valence-electron chi connectivity index (χ3n) is 7.72. The van der Waals surface area contributed by atoms with Crippen molar-refractivity contribution < 1.29 is 24.3 Å². The number of aromatic amines is 1. The second kappa shape index (κ2) is 11.3. The summed E-state index contributed by atoms with van der Waals surface area (Å²) in [7, 11) is 0. The monoisotopic (exact) mass is 539 g/mol. The van der Waals surface area contributed by atoms with Crippen molar-refractivity contribution in [3.05, 3.63) is 96.2 Å². The van der Waals surface area contributed by atoms with Gasteiger partial charge in [0.1, 0.15) is 23.5 Å². The van der Waals surface area contributed by atoms with E-state index in [2.05, 4.69) is 16.4 Å². The average molecular weight is 540 g/mol. The fraction of sp³-hybridized carbons (Fsp3) is 0.281. The van der Waals surface area contributed by atoms with E-state index in [0.717, 1.165) is 44.3 Å². The molecule has 8 heteroatoms. The molecule has 1 fully saturated rings. The summed E-state index contributed by atoms with van der Waals surface area (Å²) in [6, 6.07) is 25.1. The number of aromatic nitrogens is 1. The number of carbonyl (C=O) groups is 1. The van der Waals surface area contributed by atoms with E-state index in [0.29, 0.717) is 19.5 Å². The predicted molar refractivity (Wildman–Crippen MR) is 153 cm³/mol. The molecule has 0 saturated carbocycles. The Hall–Kier alpha value is -3.95. The van der Waals surface area contributed by atoms with Gasteiger partial charge in [0.2, 0.25) is 5.91 Å². The standard InChI is InChI=1S/C32H33N3O5/c1-20(37)31-26(19-36)30(32(38)33-15-14-24-17-34-27-8-4-3-7-25(24)27)35(40-31)18-21-10-12-22(13-11-21)29-16-23-6-2-5-9-28(23)39-29/h2-13,16-17,20,26,30-31,34,36-37H,14-15,18-19H2,1H3,(H,33,38)/t20-,26?,30-,31?/m0/s1. The molecule has 1 aliphatic rings. The molecule has 2 unspecified atom stereocenters. The Morgan fingerprint density at radius 1 is 1.07 bits per heavy atom. The SMILES string of the molecule is C[C@H](O)C1ON(Cc2ccc(-c3cc4ccccc4o3)cc2)[C@H](C(=O)NCCc2c[nH]c3ccccc23)C1CO. The number of hydroxylamine groups is 2. The Balaban J connectivity index is 1.16. The number of aliphatic hydroxyl groups excluding tert-OH is 2. The molecule has 1 saturated heterocycles. The van der Waals surface area contributed by atoms with Crippen LogP contribution in [0.3, 0.4) is 0 Å². The second-order valence-electron chi connectivity index (χ2n) is 10.4. The summed E-state index contributed by atoms with van der Waals surface area (Å²) in [4.78, 5) is 22.8. The highest BCUT2D eigenvalue weighted by atomic mass is 16.7. The number of hydrogen-bond donors (Lipinski definition) is 4. The van der Waals surface area contributed by atoms with Gasteiger partial charge in [-0.3, -0.25) is 9.63 Å². The lowest BCUT2D eigenvalue weighted by Gasteiger charge is -2.24. The van der Waals surface area contributed by atoms with Gasteiger partial charge in [-0.25, -0.2) is 0 Å². The number of nitrogens with zero attached hydrogens (tertiary/aromatic N) is 1. The predicted octanol–water partition coefficient (Wildman–Crippen LogP) is 4.41. The van der Waals surface area contributed by atoms with Gasteiger partial charge in [0.05, 0.1) is 19.3 Å². The van der Waals surface area contributed by atoms with Crippen LogP contribution in [-0.2, 0) is 22.6 Å². The maximum Gasteiger partial charge on any atom is 0.240 e. The lowest BCUT2D eigenvalue weighted by Crippen LogP contribution is -2.48. The van der Waals surface area contributed by atoms with Crippen molar-refractivity contribution in [2.24, 2.45) is 5.92 Å². The van der Waals surface area contributed by atoms with Crippen LogP contribution < -0.4 is 5.32 Å². The van der Waals surface area contributed by atoms with Crippen LogP contribution in [0.4, 0.5) is 0 Å². The van der Waals surface area contributed by atoms with Gasteiger partial charge in [0, 0.05) is 40.5 Å². The zero-order valence-corrected chi connectivity index (χ0v) is 22.3. The number of nitrogens with one attached hydrogen (secondary N) is 2. The molecular weight excluding hydrogens is 506 g/mol. The lowest BCUT2D eigenvalue weighted by molar-refractivity contribution is -0.192. The van der Waals surface area contributed by atoms with Gasteiger partial charge < -0.3 is 24.9 Å². The summed E-state index contributed by atoms with van der Waals surface area (Å²) in [6.07, 6.45) is 1.09. The highest BCUT2D eigenvalue weighted by Crippen LogP contribution is 2.33. The largest absolute Gasteiger partial charge is 0.456 e. The molecule has 4 N–H and O–H groups in total. The van der Waals surface area contributed by atoms with Crippen molar-refractivity contribution in [1.82, 2.24) is 15.4 Å². The van der Waals surface area contributed by atoms with Gasteiger partial charge >= 0.3 is 0 Å². The van der Waals surface area contributed by atoms with E-state index in [9.17, 15) is 15.0 Å². The maximum atomic E-state index is 13.5. The minimum absolute atomic E-state index is 0.235. The van der Waals surface area contributed by atoms with Gasteiger partial charge in [-0.2, -0.15) is 5.06 Å². The molecule has 206 valence electrons. The number of aliphatic hydroxyl groups is 2. The highest BCUT2D eigenvalue weighted by molar-refractivity contribution is 5.84. The molecule has 6 rings (SSSR count). The Morgan fingerprint density at radius 2 is 1.85 bits per heavy atom. The van der Waals surface area contributed by atoms with Crippen LogP contribution in [-0.4, -0.2) is 57.6 Å². The van der Waals surface area contributed by atoms with E-state index in [1.807, 2.05) is 79.0 Å². The Kier molecular flexibility index (Phi) is 7.40. The van der Waals surface area contributed by atoms with Crippen LogP contribution >= 0.6 is 0 Å². The summed E-state index contributed by atoms with van der Waals surface area (Å²) in [5.74, 6) is -0.0176. The molecule has 3 aromatic carbocycles. The van der Waals surface area contributed by atoms with Gasteiger partial charge in [0.15, 0.2) is 0 Å². The number of benzene rings is 3. The summed E-state index contributed by atoms with van der Waals surface area (Å²) in [5, 5.41) is 27.4. The number of amides is 1. The number of para-hydroxylation sites is 2. The molecule has 0 bridgehead atoms. The second-order valence-corrected chi connectivity index (χ2v) is 10.4. The Morgan fingerprint density at radius 3 is 2.62 bits per heavy atom. The van der Waals surface area contributed by atoms with Crippen molar-refractivity contribution in [2.75, 3.05) is 13.2 Å². The topological polar surface area (TPSA) is 111 Å². The number of hydrogen-bond acceptors (Lipinski definition) is 6. The first-order valence-corrected chi connectivity index (χ1v) is 13.6. The normalized spacial score (nSPS) is 20.3. The van der Waals surface area contributed by atoms with Crippen molar-refractivity contribution in [2.45, 2.75) is 38.1 Å². The van der Waals surface area contributed by atoms with Crippen molar-refractivity contribution in [1.29, 1.82) is 0 Å². The van der Waals surface area contributed by atoms with Gasteiger partial charge in [-0.1, -0.05) is 60.7 Å². The average Bonchev–Trinajstić information content (AvgIpc) is 3.68. The molecule has 0 radical (unpaired) electrons. The summed E-state index contributed by atoms with van der Waals surface area (Å²) >= 11 is 0. The number of furan rings is 1. The number of carbonyl (C=O) groups excluding carboxylic acids is 1. The highest BCUT2D eigenvalue weighted by Gasteiger charge is 2.48. The third kappa shape index (κ3) is 5.14. The van der Waals surface area contributed by atoms with Gasteiger partial charge in [-0.15, -0.1) is 0 Å². The number of H-pyrrole nitrogens is 1. The Labute approximate surface area is 232 Å². The van der Waals surface area contributed by atoms with Crippen LogP contribution in [0.5, 0.6) is 0 Å². The maximum absolute atomic E-state index is 13.5. The molecule has 2 aromatic heterocycles. The van der Waals surface area contributed by atoms with E-state index in [4.69, 9.17) is 9.25 Å². The minimum atomic E-state index is -0.848. The Bertz CT molecular complexity index is 1570. The molecular formula is C32H33N3O5. The van der Waals surface area contributed by atoms with Crippen LogP contribution in [0.2, 0.25) is 0 Å². The summed E-state index contributed by atoms with van der Waals surface area (Å²) < 4.78 is 5.99. The van der Waals surface area contributed by atoms with Crippen molar-refractivity contribution >= 4 is 27.8 Å². The van der Waals surface area contributed by atoms with Crippen LogP contribution in [0.25, 0.3) is 33.2 Å². The fourth-order valence-electron chi connectivity index (χ4n) is 5.65. The molecule has 3 heterocycles. The first-order valence-electron chi connectivity index (χ1n) is 13.6. The summed E-state index contributed by atoms with van der Waals surface area (Å²) in [6.45, 7) is 2.10. The minimum Gasteiger partial charge on any atom is -0.456 e. The van der Waals surface area contributed by atoms with E-state index < -0.39 is 24.2 Å². The quantitative estimate of drug-likeness (QED) is 0.221. The third-order valence-corrected chi connectivity index (χ3v) is 7.72. The molecule has 1 aliphatic heterocycles. The number of rotatable bonds is 9. The van der Waals surface area contributed by atoms with E-state index >= 15 is 0 Å². The molecule has 40 heavy (non-hydrogen) atoms. The van der Waals surface area contributed by atoms with Crippen LogP contribution in [0.1, 0.15) is 18.1 Å². The van der Waals surface area contributed by atoms with E-state index in [1.165, 1.54) is 0 Å². The smallest absolute Gasteiger partial charge is 0.240 e. The van der Waals surface area contributed by atoms with Crippen molar-refractivity contribution in [3.8, 4) is 11.3 Å². The lowest BCUT2D eigenvalue weighted by atomic mass is 9.92. The zero-order chi connectivity index (χ0) is 27.6. The first kappa shape index (κ1) is 26.3. The van der Waals surface area contributed by atoms with Crippen LogP contribution in [0, 0.1) is 5.92 Å². The molecule has 0 spiro atoms. The fourth-order valence-corrected chi connectivity index (χ4v) is 5.65. The van der Waals surface area contributed by atoms with E-state index in [-0.39, 0.29) is 12.5 Å². The van der Waals surface area contributed by atoms with Crippen LogP contribution in [0.15, 0.2) is 89.5 Å². The number of fused-ring (bicyclic) bond motifs is 2. The molecule has 0 aliphatic carbocycles. The van der Waals surface area contributed by atoms with Gasteiger partial charge in [0.25, 0.3) is 0 Å². The van der Waals surface area contributed by atoms with Crippen molar-refractivity contribution in [3.63, 3.8) is 0 Å². The molecule has 1 amide bonds. The van der Waals surface area contributed by atoms with Gasteiger partial charge in [-0.05, 0) is 42.7 Å². The zero-order valence-electron chi connectivity index (χ0n) is 22.3.